The Labute approximate surface area is 260 Å². The molecular weight excluding hydrogens is 583 g/mol. The minimum Gasteiger partial charge on any atom is -0.451 e. The van der Waals surface area contributed by atoms with E-state index in [2.05, 4.69) is 24.2 Å². The van der Waals surface area contributed by atoms with Gasteiger partial charge in [0.25, 0.3) is 5.91 Å². The molecule has 3 fully saturated rings. The summed E-state index contributed by atoms with van der Waals surface area (Å²) in [5.74, 6) is 1.19. The van der Waals surface area contributed by atoms with Gasteiger partial charge >= 0.3 is 0 Å². The van der Waals surface area contributed by atoms with Crippen molar-refractivity contribution in [3.05, 3.63) is 42.1 Å². The van der Waals surface area contributed by atoms with Gasteiger partial charge < -0.3 is 19.4 Å². The first-order valence-corrected chi connectivity index (χ1v) is 17.5. The lowest BCUT2D eigenvalue weighted by Crippen LogP contribution is -2.61. The third kappa shape index (κ3) is 7.56. The van der Waals surface area contributed by atoms with Crippen LogP contribution in [0.5, 0.6) is 11.5 Å². The number of benzene rings is 1. The van der Waals surface area contributed by atoms with Crippen LogP contribution in [0.2, 0.25) is 0 Å². The molecule has 1 aromatic heterocycles. The van der Waals surface area contributed by atoms with Gasteiger partial charge in [0.05, 0.1) is 18.0 Å². The van der Waals surface area contributed by atoms with E-state index in [4.69, 9.17) is 4.74 Å². The number of piperidine rings is 1. The standard InChI is InChI=1S/C32H45FN6O4S/c1-22(2)39(23(3)4)31(40)27-16-25(33)8-11-28(27)43-29-17-34-21-35-30(29)38-19-32(20-38)12-14-37(15-13-32)18-24-6-9-26(10-7-24)36-44(5,41)42/h8,11,16-17,21-24H,6-7,9-10,12-15,18-20H2,1-5H3. The zero-order valence-corrected chi connectivity index (χ0v) is 27.3. The van der Waals surface area contributed by atoms with Crippen LogP contribution in [0, 0.1) is 17.2 Å². The number of hydrogen-bond acceptors (Lipinski definition) is 8. The van der Waals surface area contributed by atoms with Crippen molar-refractivity contribution in [2.24, 2.45) is 15.7 Å². The lowest BCUT2D eigenvalue weighted by Gasteiger charge is -2.54. The summed E-state index contributed by atoms with van der Waals surface area (Å²) in [6.07, 6.45) is 10.0. The van der Waals surface area contributed by atoms with Gasteiger partial charge in [-0.05, 0) is 103 Å². The van der Waals surface area contributed by atoms with Crippen LogP contribution in [0.3, 0.4) is 0 Å². The number of halogens is 1. The summed E-state index contributed by atoms with van der Waals surface area (Å²) in [6.45, 7) is 12.6. The summed E-state index contributed by atoms with van der Waals surface area (Å²) in [5, 5.41) is 0. The van der Waals surface area contributed by atoms with E-state index in [0.29, 0.717) is 17.5 Å². The molecule has 240 valence electrons. The van der Waals surface area contributed by atoms with Crippen LogP contribution in [0.4, 0.5) is 10.2 Å². The first kappa shape index (κ1) is 32.3. The van der Waals surface area contributed by atoms with Gasteiger partial charge in [0, 0.05) is 42.8 Å². The number of aromatic nitrogens is 2. The highest BCUT2D eigenvalue weighted by Gasteiger charge is 2.46. The van der Waals surface area contributed by atoms with E-state index in [9.17, 15) is 17.6 Å². The Kier molecular flexibility index (Phi) is 9.60. The molecular formula is C32H45FN6O4S. The second kappa shape index (κ2) is 13.1. The molecule has 0 atom stereocenters. The molecule has 1 aromatic carbocycles. The third-order valence-electron chi connectivity index (χ3n) is 9.16. The normalized spacial score (nSPS) is 20.6. The number of sulfonamides is 1. The highest BCUT2D eigenvalue weighted by atomic mass is 32.2. The minimum absolute atomic E-state index is 0.0603. The van der Waals surface area contributed by atoms with Crippen molar-refractivity contribution >= 4 is 27.5 Å². The molecule has 1 amide bonds. The number of amides is 1. The Morgan fingerprint density at radius 1 is 1.11 bits per heavy atom. The summed E-state index contributed by atoms with van der Waals surface area (Å²) < 4.78 is 47.5. The SMILES string of the molecule is CC(C)N(C(=O)c1cc(F)ccc1Oc1cncnc1N1CC2(CCN(CC3CCC(=NS(C)(=O)=O)CC3)CC2)C1)C(C)C. The number of rotatable bonds is 9. The van der Waals surface area contributed by atoms with E-state index in [1.165, 1.54) is 24.5 Å². The van der Waals surface area contributed by atoms with Gasteiger partial charge in [-0.1, -0.05) is 0 Å². The minimum atomic E-state index is -3.31. The Hall–Kier alpha value is -3.12. The highest BCUT2D eigenvalue weighted by Crippen LogP contribution is 2.45. The third-order valence-corrected chi connectivity index (χ3v) is 9.75. The second-order valence-corrected chi connectivity index (χ2v) is 15.0. The maximum absolute atomic E-state index is 14.3. The first-order valence-electron chi connectivity index (χ1n) is 15.7. The predicted molar refractivity (Wildman–Crippen MR) is 170 cm³/mol. The summed E-state index contributed by atoms with van der Waals surface area (Å²) in [6, 6.07) is 3.91. The fourth-order valence-corrected chi connectivity index (χ4v) is 7.68. The summed E-state index contributed by atoms with van der Waals surface area (Å²) >= 11 is 0. The lowest BCUT2D eigenvalue weighted by atomic mass is 9.71. The van der Waals surface area contributed by atoms with E-state index in [1.54, 1.807) is 11.1 Å². The number of likely N-dealkylation sites (tertiary alicyclic amines) is 1. The van der Waals surface area contributed by atoms with Crippen LogP contribution in [-0.2, 0) is 10.0 Å². The molecule has 2 aliphatic heterocycles. The molecule has 44 heavy (non-hydrogen) atoms. The van der Waals surface area contributed by atoms with Gasteiger partial charge in [-0.3, -0.25) is 4.79 Å². The molecule has 0 unspecified atom stereocenters. The summed E-state index contributed by atoms with van der Waals surface area (Å²) in [4.78, 5) is 28.7. The highest BCUT2D eigenvalue weighted by molar-refractivity contribution is 7.89. The van der Waals surface area contributed by atoms with E-state index < -0.39 is 15.8 Å². The number of ether oxygens (including phenoxy) is 1. The number of carbonyl (C=O) groups is 1. The molecule has 3 aliphatic rings. The fourth-order valence-electron chi connectivity index (χ4n) is 7.02. The zero-order chi connectivity index (χ0) is 31.6. The van der Waals surface area contributed by atoms with Crippen LogP contribution in [0.25, 0.3) is 0 Å². The molecule has 2 aromatic rings. The largest absolute Gasteiger partial charge is 0.451 e. The van der Waals surface area contributed by atoms with E-state index in [-0.39, 0.29) is 34.7 Å². The first-order chi connectivity index (χ1) is 20.8. The molecule has 0 bridgehead atoms. The van der Waals surface area contributed by atoms with Gasteiger partial charge in [-0.15, -0.1) is 0 Å². The van der Waals surface area contributed by atoms with Crippen LogP contribution < -0.4 is 9.64 Å². The van der Waals surface area contributed by atoms with E-state index in [1.807, 2.05) is 27.7 Å². The quantitative estimate of drug-likeness (QED) is 0.375. The molecule has 1 aliphatic carbocycles. The monoisotopic (exact) mass is 628 g/mol. The van der Waals surface area contributed by atoms with Crippen LogP contribution in [0.1, 0.15) is 76.6 Å². The number of nitrogens with zero attached hydrogens (tertiary/aromatic N) is 6. The maximum atomic E-state index is 14.3. The van der Waals surface area contributed by atoms with Crippen molar-refractivity contribution in [1.82, 2.24) is 19.8 Å². The van der Waals surface area contributed by atoms with Gasteiger partial charge in [0.2, 0.25) is 10.0 Å². The molecule has 12 heteroatoms. The van der Waals surface area contributed by atoms with Crippen LogP contribution in [0.15, 0.2) is 35.1 Å². The molecule has 3 heterocycles. The van der Waals surface area contributed by atoms with Gasteiger partial charge in [-0.25, -0.2) is 22.8 Å². The van der Waals surface area contributed by atoms with Crippen molar-refractivity contribution in [3.8, 4) is 11.5 Å². The van der Waals surface area contributed by atoms with Crippen molar-refractivity contribution in [2.75, 3.05) is 43.9 Å². The topological polar surface area (TPSA) is 108 Å². The Morgan fingerprint density at radius 2 is 1.77 bits per heavy atom. The fraction of sp³-hybridized carbons (Fsp3) is 0.625. The second-order valence-electron chi connectivity index (χ2n) is 13.3. The van der Waals surface area contributed by atoms with Gasteiger partial charge in [-0.2, -0.15) is 4.40 Å². The Balaban J connectivity index is 1.19. The molecule has 10 nitrogen and oxygen atoms in total. The predicted octanol–water partition coefficient (Wildman–Crippen LogP) is 5.16. The van der Waals surface area contributed by atoms with Crippen molar-refractivity contribution in [1.29, 1.82) is 0 Å². The Bertz CT molecular complexity index is 1460. The molecule has 5 rings (SSSR count). The maximum Gasteiger partial charge on any atom is 0.258 e. The summed E-state index contributed by atoms with van der Waals surface area (Å²) in [7, 11) is -3.31. The summed E-state index contributed by atoms with van der Waals surface area (Å²) in [5.41, 5.74) is 1.22. The van der Waals surface area contributed by atoms with Crippen molar-refractivity contribution < 1.29 is 22.3 Å². The number of anilines is 1. The lowest BCUT2D eigenvalue weighted by molar-refractivity contribution is 0.0640. The average Bonchev–Trinajstić information content (AvgIpc) is 2.93. The van der Waals surface area contributed by atoms with Crippen LogP contribution >= 0.6 is 0 Å². The number of carbonyl (C=O) groups excluding carboxylic acids is 1. The van der Waals surface area contributed by atoms with Crippen LogP contribution in [-0.4, -0.2) is 90.9 Å². The molecule has 0 radical (unpaired) electrons. The van der Waals surface area contributed by atoms with E-state index in [0.717, 1.165) is 83.2 Å². The van der Waals surface area contributed by atoms with Gasteiger partial charge in [0.1, 0.15) is 17.9 Å². The molecule has 2 saturated heterocycles. The average molecular weight is 629 g/mol. The van der Waals surface area contributed by atoms with E-state index >= 15 is 0 Å². The molecule has 0 N–H and O–H groups in total. The Morgan fingerprint density at radius 3 is 2.39 bits per heavy atom. The zero-order valence-electron chi connectivity index (χ0n) is 26.5. The number of hydrogen-bond donors (Lipinski definition) is 0. The molecule has 1 spiro atoms. The van der Waals surface area contributed by atoms with Crippen molar-refractivity contribution in [3.63, 3.8) is 0 Å². The van der Waals surface area contributed by atoms with Gasteiger partial charge in [0.15, 0.2) is 11.6 Å². The smallest absolute Gasteiger partial charge is 0.258 e. The van der Waals surface area contributed by atoms with Crippen molar-refractivity contribution in [2.45, 2.75) is 78.3 Å². The molecule has 1 saturated carbocycles.